The van der Waals surface area contributed by atoms with Crippen LogP contribution in [0.2, 0.25) is 0 Å². The molecular weight excluding hydrogens is 398 g/mol. The van der Waals surface area contributed by atoms with E-state index in [9.17, 15) is 4.79 Å². The van der Waals surface area contributed by atoms with Crippen LogP contribution in [0, 0.1) is 0 Å². The largest absolute Gasteiger partial charge is 0.324 e. The third-order valence-corrected chi connectivity index (χ3v) is 4.71. The lowest BCUT2D eigenvalue weighted by Gasteiger charge is -2.27. The molecule has 2 N–H and O–H groups in total. The monoisotopic (exact) mass is 417 g/mol. The predicted octanol–water partition coefficient (Wildman–Crippen LogP) is 3.22. The molecule has 1 aromatic rings. The van der Waals surface area contributed by atoms with Crippen molar-refractivity contribution >= 4 is 43.5 Å². The lowest BCUT2D eigenvalue weighted by molar-refractivity contribution is -0.117. The Hall–Kier alpha value is -0.430. The van der Waals surface area contributed by atoms with Crippen molar-refractivity contribution in [2.75, 3.05) is 32.0 Å². The first-order valence-corrected chi connectivity index (χ1v) is 8.80. The van der Waals surface area contributed by atoms with Crippen molar-refractivity contribution in [3.63, 3.8) is 0 Å². The van der Waals surface area contributed by atoms with Gasteiger partial charge in [-0.2, -0.15) is 0 Å². The number of hydrogen-bond donors (Lipinski definition) is 2. The van der Waals surface area contributed by atoms with Crippen LogP contribution in [-0.4, -0.2) is 43.5 Å². The lowest BCUT2D eigenvalue weighted by Crippen LogP contribution is -2.44. The number of piperidine rings is 1. The predicted molar refractivity (Wildman–Crippen MR) is 93.6 cm³/mol. The molecule has 1 unspecified atom stereocenters. The van der Waals surface area contributed by atoms with Gasteiger partial charge in [0, 0.05) is 21.5 Å². The van der Waals surface area contributed by atoms with Gasteiger partial charge in [0.05, 0.1) is 12.2 Å². The van der Waals surface area contributed by atoms with Crippen LogP contribution in [0.3, 0.4) is 0 Å². The summed E-state index contributed by atoms with van der Waals surface area (Å²) >= 11 is 6.85. The minimum Gasteiger partial charge on any atom is -0.324 e. The number of halogens is 2. The zero-order chi connectivity index (χ0) is 15.2. The van der Waals surface area contributed by atoms with E-state index in [0.29, 0.717) is 12.6 Å². The molecule has 116 valence electrons. The van der Waals surface area contributed by atoms with Gasteiger partial charge in [0.1, 0.15) is 0 Å². The zero-order valence-corrected chi connectivity index (χ0v) is 15.3. The van der Waals surface area contributed by atoms with Gasteiger partial charge in [-0.1, -0.05) is 22.4 Å². The highest BCUT2D eigenvalue weighted by Gasteiger charge is 2.16. The van der Waals surface area contributed by atoms with E-state index in [0.717, 1.165) is 27.7 Å². The van der Waals surface area contributed by atoms with Crippen LogP contribution >= 0.6 is 31.9 Å². The van der Waals surface area contributed by atoms with E-state index in [-0.39, 0.29) is 5.91 Å². The molecular formula is C15H21Br2N3O. The van der Waals surface area contributed by atoms with Gasteiger partial charge in [0.2, 0.25) is 5.91 Å². The Kier molecular flexibility index (Phi) is 6.67. The molecule has 0 saturated carbocycles. The summed E-state index contributed by atoms with van der Waals surface area (Å²) in [6, 6.07) is 6.23. The Balaban J connectivity index is 1.80. The van der Waals surface area contributed by atoms with Crippen molar-refractivity contribution in [3.8, 4) is 0 Å². The second-order valence-corrected chi connectivity index (χ2v) is 7.29. The molecule has 1 aliphatic heterocycles. The number of nitrogens with one attached hydrogen (secondary N) is 2. The molecule has 1 atom stereocenters. The SMILES string of the molecule is CN(CC(=O)Nc1ccc(Br)cc1Br)CC1CCCCN1. The Morgan fingerprint density at radius 2 is 2.24 bits per heavy atom. The first-order valence-electron chi connectivity index (χ1n) is 7.21. The Labute approximate surface area is 142 Å². The van der Waals surface area contributed by atoms with Crippen molar-refractivity contribution in [2.45, 2.75) is 25.3 Å². The van der Waals surface area contributed by atoms with Crippen LogP contribution in [0.5, 0.6) is 0 Å². The number of rotatable bonds is 5. The molecule has 1 saturated heterocycles. The molecule has 0 radical (unpaired) electrons. The lowest BCUT2D eigenvalue weighted by atomic mass is 10.0. The van der Waals surface area contributed by atoms with E-state index in [1.54, 1.807) is 0 Å². The van der Waals surface area contributed by atoms with Crippen molar-refractivity contribution in [1.29, 1.82) is 0 Å². The van der Waals surface area contributed by atoms with E-state index in [2.05, 4.69) is 47.4 Å². The molecule has 1 aromatic carbocycles. The van der Waals surface area contributed by atoms with Gasteiger partial charge < -0.3 is 10.6 Å². The molecule has 0 aromatic heterocycles. The number of nitrogens with zero attached hydrogens (tertiary/aromatic N) is 1. The highest BCUT2D eigenvalue weighted by atomic mass is 79.9. The third-order valence-electron chi connectivity index (χ3n) is 3.56. The Morgan fingerprint density at radius 1 is 1.43 bits per heavy atom. The number of anilines is 1. The molecule has 1 amide bonds. The fraction of sp³-hybridized carbons (Fsp3) is 0.533. The van der Waals surface area contributed by atoms with Gasteiger partial charge in [-0.25, -0.2) is 0 Å². The molecule has 0 spiro atoms. The van der Waals surface area contributed by atoms with E-state index >= 15 is 0 Å². The number of hydrogen-bond acceptors (Lipinski definition) is 3. The highest BCUT2D eigenvalue weighted by Crippen LogP contribution is 2.26. The highest BCUT2D eigenvalue weighted by molar-refractivity contribution is 9.11. The fourth-order valence-electron chi connectivity index (χ4n) is 2.55. The number of amides is 1. The fourth-order valence-corrected chi connectivity index (χ4v) is 3.69. The minimum absolute atomic E-state index is 0.0105. The normalized spacial score (nSPS) is 18.8. The summed E-state index contributed by atoms with van der Waals surface area (Å²) in [5.74, 6) is 0.0105. The van der Waals surface area contributed by atoms with Gasteiger partial charge in [-0.3, -0.25) is 9.69 Å². The molecule has 0 aliphatic carbocycles. The van der Waals surface area contributed by atoms with Gasteiger partial charge in [0.15, 0.2) is 0 Å². The van der Waals surface area contributed by atoms with Crippen molar-refractivity contribution < 1.29 is 4.79 Å². The smallest absolute Gasteiger partial charge is 0.238 e. The van der Waals surface area contributed by atoms with Crippen LogP contribution in [0.4, 0.5) is 5.69 Å². The van der Waals surface area contributed by atoms with Crippen LogP contribution < -0.4 is 10.6 Å². The van der Waals surface area contributed by atoms with Gasteiger partial charge in [-0.05, 0) is 60.6 Å². The number of benzene rings is 1. The number of carbonyl (C=O) groups excluding carboxylic acids is 1. The molecule has 1 aliphatic rings. The second kappa shape index (κ2) is 8.27. The maximum Gasteiger partial charge on any atom is 0.238 e. The standard InChI is InChI=1S/C15H21Br2N3O/c1-20(9-12-4-2-3-7-18-12)10-15(21)19-14-6-5-11(16)8-13(14)17/h5-6,8,12,18H,2-4,7,9-10H2,1H3,(H,19,21). The van der Waals surface area contributed by atoms with E-state index < -0.39 is 0 Å². The van der Waals surface area contributed by atoms with Crippen LogP contribution in [-0.2, 0) is 4.79 Å². The molecule has 4 nitrogen and oxygen atoms in total. The number of carbonyl (C=O) groups is 1. The average Bonchev–Trinajstić information content (AvgIpc) is 2.43. The van der Waals surface area contributed by atoms with Crippen molar-refractivity contribution in [2.24, 2.45) is 0 Å². The Morgan fingerprint density at radius 3 is 2.90 bits per heavy atom. The molecule has 1 heterocycles. The molecule has 6 heteroatoms. The summed E-state index contributed by atoms with van der Waals surface area (Å²) in [6.07, 6.45) is 3.74. The minimum atomic E-state index is 0.0105. The maximum atomic E-state index is 12.1. The van der Waals surface area contributed by atoms with Gasteiger partial charge >= 0.3 is 0 Å². The Bertz CT molecular complexity index is 490. The molecule has 21 heavy (non-hydrogen) atoms. The van der Waals surface area contributed by atoms with Gasteiger partial charge in [-0.15, -0.1) is 0 Å². The molecule has 2 rings (SSSR count). The summed E-state index contributed by atoms with van der Waals surface area (Å²) in [4.78, 5) is 14.2. The van der Waals surface area contributed by atoms with E-state index in [1.165, 1.54) is 19.3 Å². The van der Waals surface area contributed by atoms with Crippen molar-refractivity contribution in [1.82, 2.24) is 10.2 Å². The summed E-state index contributed by atoms with van der Waals surface area (Å²) in [5, 5.41) is 6.44. The van der Waals surface area contributed by atoms with E-state index in [1.807, 2.05) is 25.2 Å². The van der Waals surface area contributed by atoms with Crippen LogP contribution in [0.25, 0.3) is 0 Å². The molecule has 1 fully saturated rings. The van der Waals surface area contributed by atoms with Gasteiger partial charge in [0.25, 0.3) is 0 Å². The first-order chi connectivity index (χ1) is 10.0. The molecule has 0 bridgehead atoms. The maximum absolute atomic E-state index is 12.1. The summed E-state index contributed by atoms with van der Waals surface area (Å²) in [6.45, 7) is 2.41. The van der Waals surface area contributed by atoms with E-state index in [4.69, 9.17) is 0 Å². The van der Waals surface area contributed by atoms with Crippen LogP contribution in [0.1, 0.15) is 19.3 Å². The summed E-state index contributed by atoms with van der Waals surface area (Å²) in [7, 11) is 1.99. The topological polar surface area (TPSA) is 44.4 Å². The third kappa shape index (κ3) is 5.70. The summed E-state index contributed by atoms with van der Waals surface area (Å²) < 4.78 is 1.86. The quantitative estimate of drug-likeness (QED) is 0.771. The van der Waals surface area contributed by atoms with Crippen LogP contribution in [0.15, 0.2) is 27.1 Å². The number of likely N-dealkylation sites (N-methyl/N-ethyl adjacent to an activating group) is 1. The second-order valence-electron chi connectivity index (χ2n) is 5.52. The first kappa shape index (κ1) is 16.9. The van der Waals surface area contributed by atoms with Crippen molar-refractivity contribution in [3.05, 3.63) is 27.1 Å². The zero-order valence-electron chi connectivity index (χ0n) is 12.2. The summed E-state index contributed by atoms with van der Waals surface area (Å²) in [5.41, 5.74) is 0.799. The average molecular weight is 419 g/mol.